The summed E-state index contributed by atoms with van der Waals surface area (Å²) in [6.45, 7) is 8.00. The van der Waals surface area contributed by atoms with E-state index in [0.717, 1.165) is 34.4 Å². The number of esters is 1. The summed E-state index contributed by atoms with van der Waals surface area (Å²) in [4.78, 5) is 28.9. The van der Waals surface area contributed by atoms with Crippen LogP contribution in [0.3, 0.4) is 0 Å². The first-order valence-electron chi connectivity index (χ1n) is 9.13. The lowest BCUT2D eigenvalue weighted by Crippen LogP contribution is -2.35. The third kappa shape index (κ3) is 4.43. The van der Waals surface area contributed by atoms with E-state index in [9.17, 15) is 9.59 Å². The molecule has 8 heteroatoms. The predicted octanol–water partition coefficient (Wildman–Crippen LogP) is 5.36. The molecule has 0 bridgehead atoms. The summed E-state index contributed by atoms with van der Waals surface area (Å²) in [5, 5.41) is 3.77. The van der Waals surface area contributed by atoms with Gasteiger partial charge >= 0.3 is 5.97 Å². The van der Waals surface area contributed by atoms with Crippen molar-refractivity contribution in [1.29, 1.82) is 0 Å². The van der Waals surface area contributed by atoms with Crippen molar-refractivity contribution < 1.29 is 14.3 Å². The molecule has 5 nitrogen and oxygen atoms in total. The highest BCUT2D eigenvalue weighted by Crippen LogP contribution is 2.38. The molecule has 0 spiro atoms. The van der Waals surface area contributed by atoms with Crippen molar-refractivity contribution >= 4 is 55.7 Å². The van der Waals surface area contributed by atoms with Crippen LogP contribution in [0.4, 0.5) is 5.00 Å². The summed E-state index contributed by atoms with van der Waals surface area (Å²) >= 11 is 11.0. The summed E-state index contributed by atoms with van der Waals surface area (Å²) in [6.07, 6.45) is 0.756. The van der Waals surface area contributed by atoms with Gasteiger partial charge in [-0.15, -0.1) is 11.3 Å². The Bertz CT molecular complexity index is 913. The van der Waals surface area contributed by atoms with Crippen molar-refractivity contribution in [1.82, 2.24) is 4.90 Å². The van der Waals surface area contributed by atoms with Crippen LogP contribution in [0.25, 0.3) is 0 Å². The van der Waals surface area contributed by atoms with Gasteiger partial charge in [0.25, 0.3) is 5.91 Å². The molecule has 1 N–H and O–H groups in total. The molecule has 2 aromatic rings. The largest absolute Gasteiger partial charge is 0.462 e. The fraction of sp³-hybridized carbons (Fsp3) is 0.400. The Morgan fingerprint density at radius 1 is 1.39 bits per heavy atom. The molecule has 1 aliphatic rings. The van der Waals surface area contributed by atoms with E-state index in [0.29, 0.717) is 27.2 Å². The second-order valence-corrected chi connectivity index (χ2v) is 9.25. The van der Waals surface area contributed by atoms with E-state index in [1.165, 1.54) is 11.3 Å². The Kier molecular flexibility index (Phi) is 6.81. The highest BCUT2D eigenvalue weighted by molar-refractivity contribution is 9.10. The maximum atomic E-state index is 12.8. The van der Waals surface area contributed by atoms with Gasteiger partial charge in [0, 0.05) is 28.5 Å². The van der Waals surface area contributed by atoms with Crippen molar-refractivity contribution in [2.45, 2.75) is 39.8 Å². The number of rotatable bonds is 5. The SMILES string of the molecule is CCOC(=O)c1c(NC(=O)c2cc(Br)ccc2Cl)sc2c1CCN(C(C)C)C2. The lowest BCUT2D eigenvalue weighted by atomic mass is 10.0. The van der Waals surface area contributed by atoms with Crippen molar-refractivity contribution in [2.75, 3.05) is 18.5 Å². The Hall–Kier alpha value is -1.41. The lowest BCUT2D eigenvalue weighted by Gasteiger charge is -2.30. The molecular formula is C20H22BrClN2O3S. The molecule has 3 rings (SSSR count). The minimum absolute atomic E-state index is 0.284. The molecule has 0 fully saturated rings. The number of nitrogens with zero attached hydrogens (tertiary/aromatic N) is 1. The van der Waals surface area contributed by atoms with E-state index in [1.54, 1.807) is 25.1 Å². The first-order valence-corrected chi connectivity index (χ1v) is 11.1. The van der Waals surface area contributed by atoms with E-state index >= 15 is 0 Å². The van der Waals surface area contributed by atoms with Crippen LogP contribution in [0.2, 0.25) is 5.02 Å². The van der Waals surface area contributed by atoms with Crippen LogP contribution in [0.15, 0.2) is 22.7 Å². The highest BCUT2D eigenvalue weighted by atomic mass is 79.9. The molecule has 0 radical (unpaired) electrons. The van der Waals surface area contributed by atoms with Gasteiger partial charge in [0.1, 0.15) is 5.00 Å². The summed E-state index contributed by atoms with van der Waals surface area (Å²) in [5.74, 6) is -0.746. The molecular weight excluding hydrogens is 464 g/mol. The Balaban J connectivity index is 1.97. The Labute approximate surface area is 182 Å². The third-order valence-corrected chi connectivity index (χ3v) is 6.65. The number of fused-ring (bicyclic) bond motifs is 1. The number of carbonyl (C=O) groups excluding carboxylic acids is 2. The number of amides is 1. The van der Waals surface area contributed by atoms with Crippen molar-refractivity contribution in [3.05, 3.63) is 49.3 Å². The summed E-state index contributed by atoms with van der Waals surface area (Å²) in [5.41, 5.74) is 1.81. The molecule has 1 amide bonds. The molecule has 150 valence electrons. The zero-order chi connectivity index (χ0) is 20.4. The van der Waals surface area contributed by atoms with Crippen molar-refractivity contribution in [3.8, 4) is 0 Å². The fourth-order valence-electron chi connectivity index (χ4n) is 3.21. The molecule has 0 saturated carbocycles. The van der Waals surface area contributed by atoms with E-state index in [2.05, 4.69) is 40.0 Å². The fourth-order valence-corrected chi connectivity index (χ4v) is 5.03. The molecule has 0 unspecified atom stereocenters. The van der Waals surface area contributed by atoms with Gasteiger partial charge in [-0.25, -0.2) is 4.79 Å². The zero-order valence-corrected chi connectivity index (χ0v) is 19.1. The van der Waals surface area contributed by atoms with E-state index in [4.69, 9.17) is 16.3 Å². The van der Waals surface area contributed by atoms with E-state index < -0.39 is 5.97 Å². The van der Waals surface area contributed by atoms with Gasteiger partial charge in [-0.05, 0) is 51.0 Å². The first kappa shape index (κ1) is 21.3. The minimum Gasteiger partial charge on any atom is -0.462 e. The van der Waals surface area contributed by atoms with Crippen molar-refractivity contribution in [3.63, 3.8) is 0 Å². The molecule has 1 aromatic heterocycles. The van der Waals surface area contributed by atoms with Crippen LogP contribution in [-0.4, -0.2) is 36.0 Å². The number of carbonyl (C=O) groups is 2. The number of ether oxygens (including phenoxy) is 1. The van der Waals surface area contributed by atoms with Crippen molar-refractivity contribution in [2.24, 2.45) is 0 Å². The van der Waals surface area contributed by atoms with Crippen LogP contribution in [-0.2, 0) is 17.7 Å². The second kappa shape index (κ2) is 8.95. The van der Waals surface area contributed by atoms with E-state index in [-0.39, 0.29) is 12.5 Å². The summed E-state index contributed by atoms with van der Waals surface area (Å²) in [7, 11) is 0. The normalized spacial score (nSPS) is 14.1. The number of benzene rings is 1. The number of nitrogens with one attached hydrogen (secondary N) is 1. The van der Waals surface area contributed by atoms with Gasteiger partial charge in [0.15, 0.2) is 0 Å². The summed E-state index contributed by atoms with van der Waals surface area (Å²) in [6, 6.07) is 5.51. The average Bonchev–Trinajstić information content (AvgIpc) is 3.00. The van der Waals surface area contributed by atoms with Crippen LogP contribution in [0.5, 0.6) is 0 Å². The smallest absolute Gasteiger partial charge is 0.341 e. The third-order valence-electron chi connectivity index (χ3n) is 4.70. The average molecular weight is 486 g/mol. The highest BCUT2D eigenvalue weighted by Gasteiger charge is 2.30. The number of anilines is 1. The topological polar surface area (TPSA) is 58.6 Å². The van der Waals surface area contributed by atoms with Crippen LogP contribution < -0.4 is 5.32 Å². The number of thiophene rings is 1. The Morgan fingerprint density at radius 3 is 2.82 bits per heavy atom. The second-order valence-electron chi connectivity index (χ2n) is 6.82. The maximum Gasteiger partial charge on any atom is 0.341 e. The first-order chi connectivity index (χ1) is 13.3. The zero-order valence-electron chi connectivity index (χ0n) is 16.0. The summed E-state index contributed by atoms with van der Waals surface area (Å²) < 4.78 is 6.02. The molecule has 0 saturated heterocycles. The standard InChI is InChI=1S/C20H22BrClN2O3S/c1-4-27-20(26)17-13-7-8-24(11(2)3)10-16(13)28-19(17)23-18(25)14-9-12(21)5-6-15(14)22/h5-6,9,11H,4,7-8,10H2,1-3H3,(H,23,25). The molecule has 0 aliphatic carbocycles. The maximum absolute atomic E-state index is 12.8. The minimum atomic E-state index is -0.395. The molecule has 0 atom stereocenters. The van der Waals surface area contributed by atoms with Gasteiger partial charge in [0.2, 0.25) is 0 Å². The van der Waals surface area contributed by atoms with Crippen LogP contribution >= 0.6 is 38.9 Å². The van der Waals surface area contributed by atoms with Gasteiger partial charge < -0.3 is 10.1 Å². The van der Waals surface area contributed by atoms with Gasteiger partial charge in [-0.3, -0.25) is 9.69 Å². The van der Waals surface area contributed by atoms with Gasteiger partial charge in [-0.1, -0.05) is 27.5 Å². The lowest BCUT2D eigenvalue weighted by molar-refractivity contribution is 0.0526. The molecule has 28 heavy (non-hydrogen) atoms. The van der Waals surface area contributed by atoms with Gasteiger partial charge in [-0.2, -0.15) is 0 Å². The molecule has 1 aliphatic heterocycles. The quantitative estimate of drug-likeness (QED) is 0.579. The van der Waals surface area contributed by atoms with Crippen LogP contribution in [0, 0.1) is 0 Å². The van der Waals surface area contributed by atoms with E-state index in [1.807, 2.05) is 0 Å². The number of hydrogen-bond acceptors (Lipinski definition) is 5. The molecule has 1 aromatic carbocycles. The monoisotopic (exact) mass is 484 g/mol. The van der Waals surface area contributed by atoms with Gasteiger partial charge in [0.05, 0.1) is 22.8 Å². The number of halogens is 2. The number of hydrogen-bond donors (Lipinski definition) is 1. The predicted molar refractivity (Wildman–Crippen MR) is 117 cm³/mol. The van der Waals surface area contributed by atoms with Crippen LogP contribution in [0.1, 0.15) is 51.9 Å². The Morgan fingerprint density at radius 2 is 2.14 bits per heavy atom. The molecule has 2 heterocycles.